The maximum atomic E-state index is 10.6. The summed E-state index contributed by atoms with van der Waals surface area (Å²) >= 11 is 0. The molecule has 1 aliphatic heterocycles. The van der Waals surface area contributed by atoms with Gasteiger partial charge in [-0.25, -0.2) is 0 Å². The van der Waals surface area contributed by atoms with Crippen LogP contribution in [0.25, 0.3) is 0 Å². The minimum absolute atomic E-state index is 0.0150. The average molecular weight is 188 g/mol. The Balaban J connectivity index is 2.26. The second kappa shape index (κ2) is 4.55. The number of hydrogen-bond acceptors (Lipinski definition) is 4. The Hall–Kier alpha value is -0.650. The molecule has 5 nitrogen and oxygen atoms in total. The first kappa shape index (κ1) is 10.4. The fraction of sp³-hybridized carbons (Fsp3) is 0.875. The van der Waals surface area contributed by atoms with Crippen LogP contribution >= 0.6 is 0 Å². The largest absolute Gasteiger partial charge is 0.389 e. The summed E-state index contributed by atoms with van der Waals surface area (Å²) in [5, 5.41) is 12.5. The molecule has 0 aromatic heterocycles. The van der Waals surface area contributed by atoms with Gasteiger partial charge in [-0.1, -0.05) is 0 Å². The molecule has 1 heterocycles. The summed E-state index contributed by atoms with van der Waals surface area (Å²) in [6.45, 7) is 2.71. The Morgan fingerprint density at radius 2 is 2.46 bits per heavy atom. The van der Waals surface area contributed by atoms with Gasteiger partial charge in [0.25, 0.3) is 0 Å². The Bertz CT molecular complexity index is 186. The van der Waals surface area contributed by atoms with Crippen molar-refractivity contribution in [1.82, 2.24) is 5.32 Å². The molecule has 0 aromatic rings. The first-order valence-electron chi connectivity index (χ1n) is 4.39. The lowest BCUT2D eigenvalue weighted by atomic mass is 10.1. The van der Waals surface area contributed by atoms with E-state index in [0.29, 0.717) is 13.2 Å². The first-order valence-corrected chi connectivity index (χ1v) is 4.39. The maximum absolute atomic E-state index is 10.6. The molecular weight excluding hydrogens is 172 g/mol. The molecule has 1 amide bonds. The number of rotatable bonds is 4. The van der Waals surface area contributed by atoms with Gasteiger partial charge in [0.15, 0.2) is 0 Å². The predicted molar refractivity (Wildman–Crippen MR) is 47.0 cm³/mol. The monoisotopic (exact) mass is 188 g/mol. The van der Waals surface area contributed by atoms with Gasteiger partial charge in [0, 0.05) is 12.5 Å². The molecule has 1 aliphatic rings. The molecule has 13 heavy (non-hydrogen) atoms. The number of carbonyl (C=O) groups is 1. The predicted octanol–water partition coefficient (Wildman–Crippen LogP) is -1.40. The highest BCUT2D eigenvalue weighted by Gasteiger charge is 2.27. The van der Waals surface area contributed by atoms with Gasteiger partial charge < -0.3 is 20.9 Å². The number of ether oxygens (including phenoxy) is 1. The smallest absolute Gasteiger partial charge is 0.218 e. The number of primary amides is 1. The fourth-order valence-corrected chi connectivity index (χ4v) is 1.43. The quantitative estimate of drug-likeness (QED) is 0.506. The van der Waals surface area contributed by atoms with Crippen LogP contribution in [-0.4, -0.2) is 42.4 Å². The van der Waals surface area contributed by atoms with Gasteiger partial charge in [0.2, 0.25) is 5.91 Å². The van der Waals surface area contributed by atoms with Crippen molar-refractivity contribution < 1.29 is 14.6 Å². The van der Waals surface area contributed by atoms with Crippen molar-refractivity contribution in [2.45, 2.75) is 31.5 Å². The zero-order chi connectivity index (χ0) is 9.84. The molecular formula is C8H16N2O3. The standard InChI is InChI=1S/C8H16N2O3/c1-5(2-8(9)12)10-6-3-13-4-7(6)11/h5-7,10-11H,2-4H2,1H3,(H2,9,12). The Morgan fingerprint density at radius 1 is 1.77 bits per heavy atom. The summed E-state index contributed by atoms with van der Waals surface area (Å²) in [5.41, 5.74) is 5.03. The second-order valence-corrected chi connectivity index (χ2v) is 3.45. The minimum atomic E-state index is -0.477. The Labute approximate surface area is 77.2 Å². The molecule has 0 bridgehead atoms. The van der Waals surface area contributed by atoms with Crippen molar-refractivity contribution in [2.24, 2.45) is 5.73 Å². The number of aliphatic hydroxyl groups is 1. The fourth-order valence-electron chi connectivity index (χ4n) is 1.43. The van der Waals surface area contributed by atoms with E-state index in [1.165, 1.54) is 0 Å². The van der Waals surface area contributed by atoms with Crippen LogP contribution in [0.2, 0.25) is 0 Å². The van der Waals surface area contributed by atoms with Crippen molar-refractivity contribution in [3.05, 3.63) is 0 Å². The summed E-state index contributed by atoms with van der Waals surface area (Å²) < 4.78 is 5.05. The molecule has 0 aromatic carbocycles. The SMILES string of the molecule is CC(CC(N)=O)NC1COCC1O. The van der Waals surface area contributed by atoms with Crippen LogP contribution < -0.4 is 11.1 Å². The molecule has 5 heteroatoms. The molecule has 1 fully saturated rings. The van der Waals surface area contributed by atoms with Crippen LogP contribution in [0.5, 0.6) is 0 Å². The van der Waals surface area contributed by atoms with Crippen molar-refractivity contribution in [2.75, 3.05) is 13.2 Å². The number of nitrogens with one attached hydrogen (secondary N) is 1. The van der Waals surface area contributed by atoms with Gasteiger partial charge in [0.1, 0.15) is 0 Å². The van der Waals surface area contributed by atoms with Gasteiger partial charge in [-0.05, 0) is 6.92 Å². The van der Waals surface area contributed by atoms with Gasteiger partial charge in [-0.2, -0.15) is 0 Å². The van der Waals surface area contributed by atoms with E-state index in [4.69, 9.17) is 10.5 Å². The Morgan fingerprint density at radius 3 is 2.92 bits per heavy atom. The summed E-state index contributed by atoms with van der Waals surface area (Å²) in [7, 11) is 0. The molecule has 1 rings (SSSR count). The number of carbonyl (C=O) groups excluding carboxylic acids is 1. The molecule has 1 saturated heterocycles. The van der Waals surface area contributed by atoms with Crippen LogP contribution in [0.3, 0.4) is 0 Å². The van der Waals surface area contributed by atoms with Crippen molar-refractivity contribution in [3.63, 3.8) is 0 Å². The third-order valence-electron chi connectivity index (χ3n) is 2.06. The molecule has 76 valence electrons. The average Bonchev–Trinajstić information content (AvgIpc) is 2.34. The molecule has 0 saturated carbocycles. The zero-order valence-electron chi connectivity index (χ0n) is 7.69. The Kier molecular flexibility index (Phi) is 3.65. The normalized spacial score (nSPS) is 30.3. The minimum Gasteiger partial charge on any atom is -0.389 e. The van der Waals surface area contributed by atoms with Gasteiger partial charge in [0.05, 0.1) is 25.4 Å². The van der Waals surface area contributed by atoms with Gasteiger partial charge in [-0.3, -0.25) is 4.79 Å². The third kappa shape index (κ3) is 3.30. The molecule has 3 atom stereocenters. The van der Waals surface area contributed by atoms with Crippen LogP contribution in [0.15, 0.2) is 0 Å². The van der Waals surface area contributed by atoms with Crippen molar-refractivity contribution in [1.29, 1.82) is 0 Å². The third-order valence-corrected chi connectivity index (χ3v) is 2.06. The van der Waals surface area contributed by atoms with E-state index in [0.717, 1.165) is 0 Å². The lowest BCUT2D eigenvalue weighted by Gasteiger charge is -2.19. The topological polar surface area (TPSA) is 84.6 Å². The van der Waals surface area contributed by atoms with Crippen LogP contribution in [0.1, 0.15) is 13.3 Å². The highest BCUT2D eigenvalue weighted by molar-refractivity contribution is 5.74. The molecule has 0 radical (unpaired) electrons. The first-order chi connectivity index (χ1) is 6.09. The van der Waals surface area contributed by atoms with E-state index in [9.17, 15) is 9.90 Å². The lowest BCUT2D eigenvalue weighted by molar-refractivity contribution is -0.118. The van der Waals surface area contributed by atoms with Gasteiger partial charge in [-0.15, -0.1) is 0 Å². The summed E-state index contributed by atoms with van der Waals surface area (Å²) in [6.07, 6.45) is -0.196. The van der Waals surface area contributed by atoms with E-state index >= 15 is 0 Å². The van der Waals surface area contributed by atoms with E-state index in [1.54, 1.807) is 0 Å². The van der Waals surface area contributed by atoms with Crippen molar-refractivity contribution >= 4 is 5.91 Å². The van der Waals surface area contributed by atoms with E-state index in [1.807, 2.05) is 6.92 Å². The summed E-state index contributed by atoms with van der Waals surface area (Å²) in [5.74, 6) is -0.339. The van der Waals surface area contributed by atoms with E-state index in [2.05, 4.69) is 5.32 Å². The zero-order valence-corrected chi connectivity index (χ0v) is 7.69. The molecule has 3 unspecified atom stereocenters. The lowest BCUT2D eigenvalue weighted by Crippen LogP contribution is -2.45. The molecule has 0 spiro atoms. The van der Waals surface area contributed by atoms with Crippen LogP contribution in [0.4, 0.5) is 0 Å². The summed E-state index contributed by atoms with van der Waals surface area (Å²) in [6, 6.07) is -0.0896. The highest BCUT2D eigenvalue weighted by Crippen LogP contribution is 2.06. The number of aliphatic hydroxyl groups excluding tert-OH is 1. The molecule has 0 aliphatic carbocycles. The number of nitrogens with two attached hydrogens (primary N) is 1. The van der Waals surface area contributed by atoms with Crippen molar-refractivity contribution in [3.8, 4) is 0 Å². The van der Waals surface area contributed by atoms with Crippen LogP contribution in [0, 0.1) is 0 Å². The number of hydrogen-bond donors (Lipinski definition) is 3. The molecule has 4 N–H and O–H groups in total. The highest BCUT2D eigenvalue weighted by atomic mass is 16.5. The summed E-state index contributed by atoms with van der Waals surface area (Å²) in [4.78, 5) is 10.6. The number of amides is 1. The second-order valence-electron chi connectivity index (χ2n) is 3.45. The van der Waals surface area contributed by atoms with Gasteiger partial charge >= 0.3 is 0 Å². The van der Waals surface area contributed by atoms with Crippen LogP contribution in [-0.2, 0) is 9.53 Å². The maximum Gasteiger partial charge on any atom is 0.218 e. The van der Waals surface area contributed by atoms with E-state index in [-0.39, 0.29) is 24.4 Å². The van der Waals surface area contributed by atoms with E-state index < -0.39 is 6.10 Å².